The lowest BCUT2D eigenvalue weighted by Crippen LogP contribution is -2.43. The van der Waals surface area contributed by atoms with Crippen molar-refractivity contribution in [3.8, 4) is 12.3 Å². The minimum atomic E-state index is -0.433. The molecule has 0 bridgehead atoms. The molecule has 0 heterocycles. The number of rotatable bonds is 4. The molecule has 0 saturated carbocycles. The highest BCUT2D eigenvalue weighted by atomic mass is 15.2. The van der Waals surface area contributed by atoms with Gasteiger partial charge in [-0.05, 0) is 31.5 Å². The molecule has 0 spiro atoms. The number of terminal acetylenes is 1. The van der Waals surface area contributed by atoms with E-state index < -0.39 is 5.54 Å². The van der Waals surface area contributed by atoms with E-state index in [1.807, 2.05) is 36.4 Å². The monoisotopic (exact) mass is 249 g/mol. The zero-order valence-electron chi connectivity index (χ0n) is 11.5. The standard InChI is InChI=1S/C18H19N/c1-4-18(3,16-12-8-6-9-13-16)19(5-2)17-14-10-7-11-15-17/h1,6-15H,5H2,2-3H3. The highest BCUT2D eigenvalue weighted by Crippen LogP contribution is 2.32. The summed E-state index contributed by atoms with van der Waals surface area (Å²) in [6.07, 6.45) is 5.86. The summed E-state index contributed by atoms with van der Waals surface area (Å²) in [5.41, 5.74) is 1.86. The Morgan fingerprint density at radius 2 is 1.53 bits per heavy atom. The van der Waals surface area contributed by atoms with Crippen LogP contribution in [0.15, 0.2) is 60.7 Å². The van der Waals surface area contributed by atoms with E-state index >= 15 is 0 Å². The molecule has 1 atom stereocenters. The number of para-hydroxylation sites is 1. The zero-order chi connectivity index (χ0) is 13.7. The first kappa shape index (κ1) is 13.2. The van der Waals surface area contributed by atoms with Gasteiger partial charge in [0.25, 0.3) is 0 Å². The van der Waals surface area contributed by atoms with Gasteiger partial charge in [0.2, 0.25) is 0 Å². The Morgan fingerprint density at radius 1 is 1.00 bits per heavy atom. The van der Waals surface area contributed by atoms with Crippen LogP contribution in [-0.2, 0) is 5.54 Å². The van der Waals surface area contributed by atoms with Crippen molar-refractivity contribution >= 4 is 5.69 Å². The lowest BCUT2D eigenvalue weighted by atomic mass is 9.90. The van der Waals surface area contributed by atoms with Gasteiger partial charge < -0.3 is 4.90 Å². The average molecular weight is 249 g/mol. The largest absolute Gasteiger partial charge is 0.352 e. The fourth-order valence-corrected chi connectivity index (χ4v) is 2.44. The van der Waals surface area contributed by atoms with Crippen molar-refractivity contribution in [3.05, 3.63) is 66.2 Å². The minimum Gasteiger partial charge on any atom is -0.352 e. The van der Waals surface area contributed by atoms with E-state index in [9.17, 15) is 0 Å². The van der Waals surface area contributed by atoms with Crippen LogP contribution >= 0.6 is 0 Å². The van der Waals surface area contributed by atoms with Crippen molar-refractivity contribution in [2.24, 2.45) is 0 Å². The Labute approximate surface area is 115 Å². The Bertz CT molecular complexity index is 553. The van der Waals surface area contributed by atoms with Crippen molar-refractivity contribution in [1.29, 1.82) is 0 Å². The highest BCUT2D eigenvalue weighted by molar-refractivity contribution is 5.54. The van der Waals surface area contributed by atoms with Gasteiger partial charge in [0.15, 0.2) is 0 Å². The van der Waals surface area contributed by atoms with Crippen LogP contribution < -0.4 is 4.90 Å². The molecule has 1 unspecified atom stereocenters. The first-order valence-electron chi connectivity index (χ1n) is 6.58. The number of nitrogens with zero attached hydrogens (tertiary/aromatic N) is 1. The smallest absolute Gasteiger partial charge is 0.124 e. The van der Waals surface area contributed by atoms with Crippen LogP contribution in [0, 0.1) is 12.3 Å². The quantitative estimate of drug-likeness (QED) is 0.739. The van der Waals surface area contributed by atoms with Crippen molar-refractivity contribution in [1.82, 2.24) is 0 Å². The van der Waals surface area contributed by atoms with Crippen LogP contribution in [-0.4, -0.2) is 6.54 Å². The minimum absolute atomic E-state index is 0.433. The van der Waals surface area contributed by atoms with Gasteiger partial charge in [-0.2, -0.15) is 0 Å². The molecule has 96 valence electrons. The van der Waals surface area contributed by atoms with Crippen LogP contribution in [0.1, 0.15) is 19.4 Å². The maximum Gasteiger partial charge on any atom is 0.124 e. The number of benzene rings is 2. The van der Waals surface area contributed by atoms with Gasteiger partial charge in [0.05, 0.1) is 0 Å². The van der Waals surface area contributed by atoms with E-state index in [-0.39, 0.29) is 0 Å². The molecular weight excluding hydrogens is 230 g/mol. The fraction of sp³-hybridized carbons (Fsp3) is 0.222. The van der Waals surface area contributed by atoms with E-state index in [1.165, 1.54) is 0 Å². The lowest BCUT2D eigenvalue weighted by molar-refractivity contribution is 0.571. The summed E-state index contributed by atoms with van der Waals surface area (Å²) in [5.74, 6) is 2.97. The molecule has 0 aliphatic carbocycles. The van der Waals surface area contributed by atoms with Gasteiger partial charge in [-0.1, -0.05) is 54.5 Å². The van der Waals surface area contributed by atoms with Crippen molar-refractivity contribution in [3.63, 3.8) is 0 Å². The topological polar surface area (TPSA) is 3.24 Å². The molecular formula is C18H19N. The molecule has 0 aromatic heterocycles. The summed E-state index contributed by atoms with van der Waals surface area (Å²) in [7, 11) is 0. The van der Waals surface area contributed by atoms with Crippen LogP contribution in [0.25, 0.3) is 0 Å². The third-order valence-electron chi connectivity index (χ3n) is 3.54. The molecule has 0 saturated heterocycles. The average Bonchev–Trinajstić information content (AvgIpc) is 2.49. The Hall–Kier alpha value is -2.20. The fourth-order valence-electron chi connectivity index (χ4n) is 2.44. The van der Waals surface area contributed by atoms with Gasteiger partial charge in [-0.15, -0.1) is 6.42 Å². The van der Waals surface area contributed by atoms with E-state index in [0.717, 1.165) is 17.8 Å². The van der Waals surface area contributed by atoms with E-state index in [2.05, 4.69) is 48.9 Å². The molecule has 0 aliphatic rings. The van der Waals surface area contributed by atoms with Gasteiger partial charge in [-0.25, -0.2) is 0 Å². The van der Waals surface area contributed by atoms with E-state index in [1.54, 1.807) is 0 Å². The van der Waals surface area contributed by atoms with Crippen LogP contribution in [0.5, 0.6) is 0 Å². The molecule has 0 radical (unpaired) electrons. The van der Waals surface area contributed by atoms with Gasteiger partial charge in [-0.3, -0.25) is 0 Å². The zero-order valence-corrected chi connectivity index (χ0v) is 11.5. The Morgan fingerprint density at radius 3 is 2.00 bits per heavy atom. The molecule has 0 aliphatic heterocycles. The van der Waals surface area contributed by atoms with Crippen molar-refractivity contribution < 1.29 is 0 Å². The first-order chi connectivity index (χ1) is 9.22. The summed E-state index contributed by atoms with van der Waals surface area (Å²) >= 11 is 0. The second-order valence-electron chi connectivity index (χ2n) is 4.66. The van der Waals surface area contributed by atoms with E-state index in [4.69, 9.17) is 6.42 Å². The summed E-state index contributed by atoms with van der Waals surface area (Å²) in [5, 5.41) is 0. The summed E-state index contributed by atoms with van der Waals surface area (Å²) in [6, 6.07) is 20.6. The van der Waals surface area contributed by atoms with Crippen molar-refractivity contribution in [2.45, 2.75) is 19.4 Å². The van der Waals surface area contributed by atoms with Crippen molar-refractivity contribution in [2.75, 3.05) is 11.4 Å². The second kappa shape index (κ2) is 5.63. The van der Waals surface area contributed by atoms with Crippen LogP contribution in [0.2, 0.25) is 0 Å². The molecule has 2 aromatic carbocycles. The number of hydrogen-bond donors (Lipinski definition) is 0. The van der Waals surface area contributed by atoms with Gasteiger partial charge in [0, 0.05) is 12.2 Å². The third kappa shape index (κ3) is 2.48. The van der Waals surface area contributed by atoms with E-state index in [0.29, 0.717) is 0 Å². The molecule has 1 nitrogen and oxygen atoms in total. The Balaban J connectivity index is 2.49. The molecule has 0 fully saturated rings. The Kier molecular flexibility index (Phi) is 3.92. The predicted octanol–water partition coefficient (Wildman–Crippen LogP) is 4.06. The number of hydrogen-bond acceptors (Lipinski definition) is 1. The normalized spacial score (nSPS) is 13.3. The summed E-state index contributed by atoms with van der Waals surface area (Å²) in [6.45, 7) is 5.09. The summed E-state index contributed by atoms with van der Waals surface area (Å²) in [4.78, 5) is 2.25. The SMILES string of the molecule is C#CC(C)(c1ccccc1)N(CC)c1ccccc1. The maximum absolute atomic E-state index is 5.86. The van der Waals surface area contributed by atoms with Gasteiger partial charge >= 0.3 is 0 Å². The highest BCUT2D eigenvalue weighted by Gasteiger charge is 2.30. The summed E-state index contributed by atoms with van der Waals surface area (Å²) < 4.78 is 0. The second-order valence-corrected chi connectivity index (χ2v) is 4.66. The molecule has 2 aromatic rings. The predicted molar refractivity (Wildman–Crippen MR) is 82.1 cm³/mol. The molecule has 1 heteroatoms. The molecule has 0 amide bonds. The first-order valence-corrected chi connectivity index (χ1v) is 6.58. The number of anilines is 1. The maximum atomic E-state index is 5.86. The van der Waals surface area contributed by atoms with Crippen LogP contribution in [0.4, 0.5) is 5.69 Å². The molecule has 19 heavy (non-hydrogen) atoms. The third-order valence-corrected chi connectivity index (χ3v) is 3.54. The molecule has 2 rings (SSSR count). The van der Waals surface area contributed by atoms with Gasteiger partial charge in [0.1, 0.15) is 5.54 Å². The lowest BCUT2D eigenvalue weighted by Gasteiger charge is -2.39. The van der Waals surface area contributed by atoms with Crippen LogP contribution in [0.3, 0.4) is 0 Å². The molecule has 0 N–H and O–H groups in total.